The minimum Gasteiger partial charge on any atom is -0.497 e. The maximum atomic E-state index is 11.9. The van der Waals surface area contributed by atoms with Gasteiger partial charge in [0.15, 0.2) is 0 Å². The fraction of sp³-hybridized carbons (Fsp3) is 0.294. The van der Waals surface area contributed by atoms with Gasteiger partial charge in [-0.2, -0.15) is 0 Å². The van der Waals surface area contributed by atoms with Gasteiger partial charge in [-0.25, -0.2) is 4.79 Å². The van der Waals surface area contributed by atoms with Crippen molar-refractivity contribution < 1.29 is 14.3 Å². The zero-order chi connectivity index (χ0) is 15.2. The standard InChI is InChI=1S/C17H19NO3/c1-4-15-14(17(19)21-5-2)9-10-16(18-15)12-7-6-8-13(11-12)20-3/h6-11H,4-5H2,1-3H3. The summed E-state index contributed by atoms with van der Waals surface area (Å²) in [7, 11) is 1.63. The molecule has 0 N–H and O–H groups in total. The number of aromatic nitrogens is 1. The van der Waals surface area contributed by atoms with Crippen LogP contribution in [0.2, 0.25) is 0 Å². The predicted molar refractivity (Wildman–Crippen MR) is 81.6 cm³/mol. The molecule has 4 heteroatoms. The van der Waals surface area contributed by atoms with Gasteiger partial charge in [-0.1, -0.05) is 19.1 Å². The Kier molecular flexibility index (Phi) is 4.93. The highest BCUT2D eigenvalue weighted by Crippen LogP contribution is 2.23. The molecule has 0 unspecified atom stereocenters. The summed E-state index contributed by atoms with van der Waals surface area (Å²) in [6, 6.07) is 11.3. The average Bonchev–Trinajstić information content (AvgIpc) is 2.54. The molecule has 2 rings (SSSR count). The van der Waals surface area contributed by atoms with Gasteiger partial charge in [-0.3, -0.25) is 4.98 Å². The summed E-state index contributed by atoms with van der Waals surface area (Å²) < 4.78 is 10.3. The Hall–Kier alpha value is -2.36. The molecule has 0 radical (unpaired) electrons. The van der Waals surface area contributed by atoms with Crippen molar-refractivity contribution in [3.8, 4) is 17.0 Å². The van der Waals surface area contributed by atoms with E-state index in [2.05, 4.69) is 4.98 Å². The molecule has 1 aromatic carbocycles. The number of aryl methyl sites for hydroxylation is 1. The van der Waals surface area contributed by atoms with Crippen LogP contribution < -0.4 is 4.74 Å². The van der Waals surface area contributed by atoms with Crippen molar-refractivity contribution in [3.05, 3.63) is 47.7 Å². The Balaban J connectivity index is 2.40. The summed E-state index contributed by atoms with van der Waals surface area (Å²) in [5.41, 5.74) is 3.05. The van der Waals surface area contributed by atoms with Crippen LogP contribution in [0.5, 0.6) is 5.75 Å². The van der Waals surface area contributed by atoms with E-state index in [0.717, 1.165) is 22.7 Å². The second kappa shape index (κ2) is 6.88. The summed E-state index contributed by atoms with van der Waals surface area (Å²) in [5.74, 6) is 0.459. The molecular formula is C17H19NO3. The van der Waals surface area contributed by atoms with Crippen LogP contribution in [-0.4, -0.2) is 24.7 Å². The van der Waals surface area contributed by atoms with Gasteiger partial charge in [0.05, 0.1) is 30.7 Å². The Bertz CT molecular complexity index is 638. The minimum atomic E-state index is -0.320. The van der Waals surface area contributed by atoms with E-state index in [0.29, 0.717) is 18.6 Å². The first-order chi connectivity index (χ1) is 10.2. The summed E-state index contributed by atoms with van der Waals surface area (Å²) in [4.78, 5) is 16.5. The van der Waals surface area contributed by atoms with Gasteiger partial charge in [0.2, 0.25) is 0 Å². The van der Waals surface area contributed by atoms with Gasteiger partial charge in [0.1, 0.15) is 5.75 Å². The van der Waals surface area contributed by atoms with Crippen LogP contribution in [0.3, 0.4) is 0 Å². The highest BCUT2D eigenvalue weighted by molar-refractivity contribution is 5.91. The number of hydrogen-bond acceptors (Lipinski definition) is 4. The third-order valence-corrected chi connectivity index (χ3v) is 3.17. The number of carbonyl (C=O) groups is 1. The van der Waals surface area contributed by atoms with Crippen molar-refractivity contribution in [2.24, 2.45) is 0 Å². The van der Waals surface area contributed by atoms with Crippen LogP contribution in [0.25, 0.3) is 11.3 Å². The monoisotopic (exact) mass is 285 g/mol. The first-order valence-electron chi connectivity index (χ1n) is 7.01. The number of methoxy groups -OCH3 is 1. The van der Waals surface area contributed by atoms with E-state index in [4.69, 9.17) is 9.47 Å². The predicted octanol–water partition coefficient (Wildman–Crippen LogP) is 3.50. The number of nitrogens with zero attached hydrogens (tertiary/aromatic N) is 1. The van der Waals surface area contributed by atoms with Crippen LogP contribution in [0.1, 0.15) is 29.9 Å². The number of ether oxygens (including phenoxy) is 2. The Labute approximate surface area is 124 Å². The molecule has 2 aromatic rings. The van der Waals surface area contributed by atoms with E-state index >= 15 is 0 Å². The molecule has 0 spiro atoms. The summed E-state index contributed by atoms with van der Waals surface area (Å²) in [6.07, 6.45) is 0.673. The average molecular weight is 285 g/mol. The molecule has 0 amide bonds. The molecule has 1 heterocycles. The molecule has 0 fully saturated rings. The quantitative estimate of drug-likeness (QED) is 0.789. The van der Waals surface area contributed by atoms with Gasteiger partial charge in [-0.15, -0.1) is 0 Å². The van der Waals surface area contributed by atoms with E-state index in [1.807, 2.05) is 37.3 Å². The lowest BCUT2D eigenvalue weighted by Gasteiger charge is -2.09. The number of pyridine rings is 1. The molecule has 1 aromatic heterocycles. The zero-order valence-corrected chi connectivity index (χ0v) is 12.6. The van der Waals surface area contributed by atoms with Crippen molar-refractivity contribution in [1.82, 2.24) is 4.98 Å². The highest BCUT2D eigenvalue weighted by Gasteiger charge is 2.14. The van der Waals surface area contributed by atoms with Gasteiger partial charge in [0.25, 0.3) is 0 Å². The van der Waals surface area contributed by atoms with Crippen molar-refractivity contribution in [2.45, 2.75) is 20.3 Å². The van der Waals surface area contributed by atoms with Crippen LogP contribution in [0, 0.1) is 0 Å². The highest BCUT2D eigenvalue weighted by atomic mass is 16.5. The largest absolute Gasteiger partial charge is 0.497 e. The number of esters is 1. The summed E-state index contributed by atoms with van der Waals surface area (Å²) >= 11 is 0. The van der Waals surface area contributed by atoms with E-state index in [1.165, 1.54) is 0 Å². The van der Waals surface area contributed by atoms with Crippen LogP contribution in [0.15, 0.2) is 36.4 Å². The number of rotatable bonds is 5. The van der Waals surface area contributed by atoms with Crippen molar-refractivity contribution >= 4 is 5.97 Å². The smallest absolute Gasteiger partial charge is 0.339 e. The third-order valence-electron chi connectivity index (χ3n) is 3.17. The van der Waals surface area contributed by atoms with E-state index in [-0.39, 0.29) is 5.97 Å². The topological polar surface area (TPSA) is 48.4 Å². The lowest BCUT2D eigenvalue weighted by atomic mass is 10.1. The Morgan fingerprint density at radius 1 is 1.19 bits per heavy atom. The second-order valence-electron chi connectivity index (χ2n) is 4.50. The maximum Gasteiger partial charge on any atom is 0.339 e. The van der Waals surface area contributed by atoms with Crippen LogP contribution in [-0.2, 0) is 11.2 Å². The molecule has 0 saturated carbocycles. The van der Waals surface area contributed by atoms with E-state index < -0.39 is 0 Å². The lowest BCUT2D eigenvalue weighted by molar-refractivity contribution is 0.0524. The Morgan fingerprint density at radius 3 is 2.67 bits per heavy atom. The van der Waals surface area contributed by atoms with Gasteiger partial charge >= 0.3 is 5.97 Å². The molecule has 0 aliphatic carbocycles. The minimum absolute atomic E-state index is 0.320. The molecule has 0 bridgehead atoms. The molecule has 110 valence electrons. The molecule has 0 aliphatic rings. The SMILES string of the molecule is CCOC(=O)c1ccc(-c2cccc(OC)c2)nc1CC. The maximum absolute atomic E-state index is 11.9. The van der Waals surface area contributed by atoms with Crippen molar-refractivity contribution in [3.63, 3.8) is 0 Å². The van der Waals surface area contributed by atoms with Gasteiger partial charge < -0.3 is 9.47 Å². The number of hydrogen-bond donors (Lipinski definition) is 0. The molecule has 0 aliphatic heterocycles. The lowest BCUT2D eigenvalue weighted by Crippen LogP contribution is -2.09. The normalized spacial score (nSPS) is 10.2. The first-order valence-corrected chi connectivity index (χ1v) is 7.01. The molecule has 4 nitrogen and oxygen atoms in total. The number of carbonyl (C=O) groups excluding carboxylic acids is 1. The summed E-state index contributed by atoms with van der Waals surface area (Å²) in [6.45, 7) is 4.13. The molecule has 0 saturated heterocycles. The molecule has 21 heavy (non-hydrogen) atoms. The fourth-order valence-electron chi connectivity index (χ4n) is 2.11. The van der Waals surface area contributed by atoms with Gasteiger partial charge in [0, 0.05) is 5.56 Å². The third kappa shape index (κ3) is 3.40. The number of benzene rings is 1. The summed E-state index contributed by atoms with van der Waals surface area (Å²) in [5, 5.41) is 0. The molecular weight excluding hydrogens is 266 g/mol. The second-order valence-corrected chi connectivity index (χ2v) is 4.50. The van der Waals surface area contributed by atoms with Gasteiger partial charge in [-0.05, 0) is 37.6 Å². The fourth-order valence-corrected chi connectivity index (χ4v) is 2.11. The molecule has 0 atom stereocenters. The zero-order valence-electron chi connectivity index (χ0n) is 12.6. The van der Waals surface area contributed by atoms with Crippen LogP contribution >= 0.6 is 0 Å². The first kappa shape index (κ1) is 15.0. The van der Waals surface area contributed by atoms with E-state index in [9.17, 15) is 4.79 Å². The van der Waals surface area contributed by atoms with E-state index in [1.54, 1.807) is 20.1 Å². The van der Waals surface area contributed by atoms with Crippen molar-refractivity contribution in [1.29, 1.82) is 0 Å². The van der Waals surface area contributed by atoms with Crippen LogP contribution in [0.4, 0.5) is 0 Å². The van der Waals surface area contributed by atoms with Crippen molar-refractivity contribution in [2.75, 3.05) is 13.7 Å². The Morgan fingerprint density at radius 2 is 2.00 bits per heavy atom.